The van der Waals surface area contributed by atoms with Crippen molar-refractivity contribution in [3.05, 3.63) is 87.9 Å². The van der Waals surface area contributed by atoms with Gasteiger partial charge in [-0.15, -0.1) is 0 Å². The molecule has 0 saturated heterocycles. The lowest BCUT2D eigenvalue weighted by molar-refractivity contribution is 0.479. The standard InChI is InChI=1S/C42H39BrN2O/c1-40(2,3)21-10-12-32-24(14-21)27-16-23(42(7,8)9)17-28-25-18-26-29-19-31(43)39(46)36-30-15-22(41(4,5)6)11-13-33(30)45(38(29)36)35(26)20-34(25)44(32)37(27)28/h10-20,46H,1-9H3. The van der Waals surface area contributed by atoms with Crippen molar-refractivity contribution < 1.29 is 5.11 Å². The average Bonchev–Trinajstić information content (AvgIpc) is 3.68. The first kappa shape index (κ1) is 28.2. The van der Waals surface area contributed by atoms with Crippen LogP contribution >= 0.6 is 15.9 Å². The average molecular weight is 668 g/mol. The molecule has 3 nitrogen and oxygen atoms in total. The van der Waals surface area contributed by atoms with Crippen LogP contribution < -0.4 is 0 Å². The van der Waals surface area contributed by atoms with Crippen LogP contribution in [0.5, 0.6) is 5.75 Å². The lowest BCUT2D eigenvalue weighted by Gasteiger charge is -2.20. The summed E-state index contributed by atoms with van der Waals surface area (Å²) in [6.07, 6.45) is 0. The predicted molar refractivity (Wildman–Crippen MR) is 201 cm³/mol. The fraction of sp³-hybridized carbons (Fsp3) is 0.286. The number of hydrogen-bond donors (Lipinski definition) is 1. The van der Waals surface area contributed by atoms with Gasteiger partial charge in [0, 0.05) is 37.7 Å². The van der Waals surface area contributed by atoms with Crippen molar-refractivity contribution in [3.63, 3.8) is 0 Å². The van der Waals surface area contributed by atoms with Crippen LogP contribution in [-0.4, -0.2) is 13.9 Å². The minimum Gasteiger partial charge on any atom is -0.506 e. The molecular weight excluding hydrogens is 628 g/mol. The minimum atomic E-state index is 0.00130. The zero-order chi connectivity index (χ0) is 32.4. The summed E-state index contributed by atoms with van der Waals surface area (Å²) < 4.78 is 5.62. The molecule has 0 aliphatic carbocycles. The van der Waals surface area contributed by atoms with E-state index in [2.05, 4.69) is 154 Å². The summed E-state index contributed by atoms with van der Waals surface area (Å²) in [5, 5.41) is 21.1. The van der Waals surface area contributed by atoms with Crippen molar-refractivity contribution in [1.82, 2.24) is 8.80 Å². The molecule has 4 heterocycles. The number of nitrogens with zero attached hydrogens (tertiary/aromatic N) is 2. The molecule has 46 heavy (non-hydrogen) atoms. The van der Waals surface area contributed by atoms with Crippen LogP contribution in [0.15, 0.2) is 71.2 Å². The minimum absolute atomic E-state index is 0.00130. The maximum Gasteiger partial charge on any atom is 0.139 e. The first-order valence-corrected chi connectivity index (χ1v) is 17.2. The molecule has 0 atom stereocenters. The molecule has 0 saturated carbocycles. The third-order valence-electron chi connectivity index (χ3n) is 10.6. The van der Waals surface area contributed by atoms with Gasteiger partial charge in [-0.05, 0) is 103 Å². The van der Waals surface area contributed by atoms with Gasteiger partial charge < -0.3 is 13.9 Å². The molecule has 4 heteroatoms. The van der Waals surface area contributed by atoms with Crippen molar-refractivity contribution in [3.8, 4) is 5.75 Å². The number of halogens is 1. The fourth-order valence-electron chi connectivity index (χ4n) is 7.97. The molecule has 1 N–H and O–H groups in total. The fourth-order valence-corrected chi connectivity index (χ4v) is 8.40. The van der Waals surface area contributed by atoms with Crippen LogP contribution in [0.3, 0.4) is 0 Å². The Morgan fingerprint density at radius 1 is 0.457 bits per heavy atom. The van der Waals surface area contributed by atoms with Crippen LogP contribution in [0.2, 0.25) is 0 Å². The van der Waals surface area contributed by atoms with Gasteiger partial charge in [0.2, 0.25) is 0 Å². The smallest absolute Gasteiger partial charge is 0.139 e. The molecule has 0 aliphatic rings. The number of fused-ring (bicyclic) bond motifs is 12. The lowest BCUT2D eigenvalue weighted by atomic mass is 9.84. The second-order valence-corrected chi connectivity index (χ2v) is 17.5. The molecule has 5 aromatic carbocycles. The molecule has 9 rings (SSSR count). The molecule has 0 unspecified atom stereocenters. The SMILES string of the molecule is CC(C)(C)c1ccc2c(c1)c1cc(C(C)(C)C)cc3c4cc5c6cc(Br)c(O)c7c8cc(C(C)(C)C)ccc8n(c5cc4n2c13)c67. The monoisotopic (exact) mass is 666 g/mol. The normalized spacial score (nSPS) is 14.0. The Balaban J connectivity index is 1.51. The van der Waals surface area contributed by atoms with E-state index in [0.29, 0.717) is 5.75 Å². The number of aromatic nitrogens is 2. The molecule has 0 amide bonds. The zero-order valence-electron chi connectivity index (χ0n) is 28.1. The summed E-state index contributed by atoms with van der Waals surface area (Å²) in [5.41, 5.74) is 11.2. The van der Waals surface area contributed by atoms with Gasteiger partial charge in [0.05, 0.1) is 43.0 Å². The Morgan fingerprint density at radius 2 is 0.891 bits per heavy atom. The molecule has 0 spiro atoms. The van der Waals surface area contributed by atoms with Gasteiger partial charge in [0.25, 0.3) is 0 Å². The van der Waals surface area contributed by atoms with Crippen LogP contribution in [0.4, 0.5) is 0 Å². The highest BCUT2D eigenvalue weighted by Crippen LogP contribution is 2.49. The van der Waals surface area contributed by atoms with Gasteiger partial charge >= 0.3 is 0 Å². The van der Waals surface area contributed by atoms with Crippen LogP contribution in [0, 0.1) is 0 Å². The van der Waals surface area contributed by atoms with Crippen molar-refractivity contribution in [2.45, 2.75) is 78.6 Å². The summed E-state index contributed by atoms with van der Waals surface area (Å²) in [4.78, 5) is 0. The largest absolute Gasteiger partial charge is 0.506 e. The van der Waals surface area contributed by atoms with Crippen molar-refractivity contribution in [1.29, 1.82) is 0 Å². The van der Waals surface area contributed by atoms with Crippen LogP contribution in [-0.2, 0) is 16.2 Å². The first-order valence-electron chi connectivity index (χ1n) is 16.4. The molecule has 9 aromatic rings. The summed E-state index contributed by atoms with van der Waals surface area (Å²) in [5.74, 6) is 0.307. The first-order chi connectivity index (χ1) is 21.5. The highest BCUT2D eigenvalue weighted by molar-refractivity contribution is 9.10. The third-order valence-corrected chi connectivity index (χ3v) is 11.2. The van der Waals surface area contributed by atoms with Crippen molar-refractivity contribution in [2.24, 2.45) is 0 Å². The number of benzene rings is 5. The van der Waals surface area contributed by atoms with E-state index < -0.39 is 0 Å². The summed E-state index contributed by atoms with van der Waals surface area (Å²) >= 11 is 3.73. The van der Waals surface area contributed by atoms with E-state index in [1.165, 1.54) is 65.7 Å². The second kappa shape index (κ2) is 8.46. The summed E-state index contributed by atoms with van der Waals surface area (Å²) in [6.45, 7) is 20.6. The third kappa shape index (κ3) is 3.49. The van der Waals surface area contributed by atoms with Gasteiger partial charge in [0.1, 0.15) is 5.75 Å². The Labute approximate surface area is 277 Å². The topological polar surface area (TPSA) is 29.1 Å². The number of rotatable bonds is 0. The number of hydrogen-bond acceptors (Lipinski definition) is 1. The van der Waals surface area contributed by atoms with E-state index in [-0.39, 0.29) is 16.2 Å². The van der Waals surface area contributed by atoms with Crippen LogP contribution in [0.25, 0.3) is 76.2 Å². The Morgan fingerprint density at radius 3 is 1.43 bits per heavy atom. The zero-order valence-corrected chi connectivity index (χ0v) is 29.7. The Bertz CT molecular complexity index is 2750. The quantitative estimate of drug-likeness (QED) is 0.171. The van der Waals surface area contributed by atoms with Gasteiger partial charge in [-0.1, -0.05) is 74.4 Å². The van der Waals surface area contributed by atoms with E-state index in [0.717, 1.165) is 31.7 Å². The lowest BCUT2D eigenvalue weighted by Crippen LogP contribution is -2.11. The summed E-state index contributed by atoms with van der Waals surface area (Å²) in [6, 6.07) is 25.6. The molecule has 0 radical (unpaired) electrons. The Hall–Kier alpha value is -4.02. The maximum atomic E-state index is 11.5. The number of phenolic OH excluding ortho intramolecular Hbond substituents is 1. The molecule has 230 valence electrons. The molecule has 0 aliphatic heterocycles. The Kier molecular flexibility index (Phi) is 5.19. The van der Waals surface area contributed by atoms with Gasteiger partial charge in [0.15, 0.2) is 0 Å². The summed E-state index contributed by atoms with van der Waals surface area (Å²) in [7, 11) is 0. The number of phenols is 1. The number of aromatic hydroxyl groups is 1. The highest BCUT2D eigenvalue weighted by Gasteiger charge is 2.27. The predicted octanol–water partition coefficient (Wildman–Crippen LogP) is 12.3. The van der Waals surface area contributed by atoms with Crippen molar-refractivity contribution >= 4 is 92.1 Å². The van der Waals surface area contributed by atoms with Crippen molar-refractivity contribution in [2.75, 3.05) is 0 Å². The molecule has 0 fully saturated rings. The van der Waals surface area contributed by atoms with Gasteiger partial charge in [-0.3, -0.25) is 0 Å². The second-order valence-electron chi connectivity index (χ2n) is 16.7. The maximum absolute atomic E-state index is 11.5. The van der Waals surface area contributed by atoms with E-state index in [4.69, 9.17) is 0 Å². The van der Waals surface area contributed by atoms with Crippen LogP contribution in [0.1, 0.15) is 79.0 Å². The molecule has 0 bridgehead atoms. The van der Waals surface area contributed by atoms with Gasteiger partial charge in [-0.2, -0.15) is 0 Å². The highest BCUT2D eigenvalue weighted by atomic mass is 79.9. The van der Waals surface area contributed by atoms with Gasteiger partial charge in [-0.25, -0.2) is 0 Å². The van der Waals surface area contributed by atoms with E-state index >= 15 is 0 Å². The van der Waals surface area contributed by atoms with E-state index in [1.807, 2.05) is 0 Å². The molecule has 4 aromatic heterocycles. The van der Waals surface area contributed by atoms with E-state index in [9.17, 15) is 5.11 Å². The van der Waals surface area contributed by atoms with E-state index in [1.54, 1.807) is 0 Å². The molecular formula is C42H39BrN2O.